The first kappa shape index (κ1) is 7.90. The fourth-order valence-corrected chi connectivity index (χ4v) is 0.992. The largest absolute Gasteiger partial charge is 0.333 e. The predicted molar refractivity (Wildman–Crippen MR) is 41.1 cm³/mol. The van der Waals surface area contributed by atoms with E-state index in [0.29, 0.717) is 15.9 Å². The third-order valence-corrected chi connectivity index (χ3v) is 1.60. The molecule has 0 unspecified atom stereocenters. The molecule has 0 aliphatic carbocycles. The lowest BCUT2D eigenvalue weighted by Gasteiger charge is -1.95. The second-order valence-corrected chi connectivity index (χ2v) is 2.45. The summed E-state index contributed by atoms with van der Waals surface area (Å²) >= 11 is 0. The van der Waals surface area contributed by atoms with Gasteiger partial charge in [0.05, 0.1) is 11.9 Å². The van der Waals surface area contributed by atoms with Crippen molar-refractivity contribution in [3.05, 3.63) is 24.7 Å². The van der Waals surface area contributed by atoms with E-state index in [2.05, 4.69) is 15.3 Å². The zero-order chi connectivity index (χ0) is 9.26. The average Bonchev–Trinajstić information content (AvgIpc) is 2.75. The molecule has 6 heteroatoms. The minimum Gasteiger partial charge on any atom is -0.285 e. The van der Waals surface area contributed by atoms with Gasteiger partial charge in [-0.25, -0.2) is 4.68 Å². The number of nitrogens with zero attached hydrogens (tertiary/aromatic N) is 3. The number of hydrogen-bond acceptors (Lipinski definition) is 2. The van der Waals surface area contributed by atoms with Crippen molar-refractivity contribution >= 4 is 0 Å². The maximum Gasteiger partial charge on any atom is 0.333 e. The molecule has 0 aliphatic rings. The Morgan fingerprint density at radius 1 is 1.46 bits per heavy atom. The first-order chi connectivity index (χ1) is 6.27. The van der Waals surface area contributed by atoms with Gasteiger partial charge in [0.25, 0.3) is 0 Å². The van der Waals surface area contributed by atoms with Gasteiger partial charge in [0, 0.05) is 18.0 Å². The van der Waals surface area contributed by atoms with Crippen molar-refractivity contribution in [1.29, 1.82) is 0 Å². The maximum absolute atomic E-state index is 12.1. The summed E-state index contributed by atoms with van der Waals surface area (Å²) in [6, 6.07) is 1.51. The summed E-state index contributed by atoms with van der Waals surface area (Å²) < 4.78 is 24.8. The van der Waals surface area contributed by atoms with Crippen LogP contribution in [0.1, 0.15) is 6.55 Å². The first-order valence-corrected chi connectivity index (χ1v) is 3.60. The van der Waals surface area contributed by atoms with E-state index in [9.17, 15) is 8.78 Å². The van der Waals surface area contributed by atoms with Gasteiger partial charge in [-0.15, -0.1) is 0 Å². The van der Waals surface area contributed by atoms with E-state index in [4.69, 9.17) is 0 Å². The number of aromatic amines is 1. The molecule has 2 rings (SSSR count). The van der Waals surface area contributed by atoms with E-state index < -0.39 is 6.55 Å². The Morgan fingerprint density at radius 2 is 2.31 bits per heavy atom. The molecular formula is C7H6F2N4. The molecule has 0 atom stereocenters. The molecule has 0 bridgehead atoms. The Kier molecular flexibility index (Phi) is 1.80. The molecule has 2 heterocycles. The second kappa shape index (κ2) is 2.96. The highest BCUT2D eigenvalue weighted by Crippen LogP contribution is 2.17. The molecule has 13 heavy (non-hydrogen) atoms. The van der Waals surface area contributed by atoms with Crippen molar-refractivity contribution in [2.75, 3.05) is 0 Å². The Hall–Kier alpha value is -1.72. The summed E-state index contributed by atoms with van der Waals surface area (Å²) in [6.07, 6.45) is 4.35. The number of rotatable bonds is 2. The van der Waals surface area contributed by atoms with Gasteiger partial charge in [-0.3, -0.25) is 5.10 Å². The van der Waals surface area contributed by atoms with E-state index in [1.807, 2.05) is 0 Å². The van der Waals surface area contributed by atoms with Crippen LogP contribution in [0.15, 0.2) is 24.7 Å². The Balaban J connectivity index is 2.33. The number of H-pyrrole nitrogens is 1. The topological polar surface area (TPSA) is 46.5 Å². The molecule has 0 saturated heterocycles. The van der Waals surface area contributed by atoms with Gasteiger partial charge in [0.2, 0.25) is 0 Å². The van der Waals surface area contributed by atoms with Crippen LogP contribution in [-0.2, 0) is 0 Å². The normalized spacial score (nSPS) is 11.0. The third-order valence-electron chi connectivity index (χ3n) is 1.60. The molecular weight excluding hydrogens is 178 g/mol. The Bertz CT molecular complexity index is 379. The van der Waals surface area contributed by atoms with E-state index in [1.54, 1.807) is 6.20 Å². The summed E-state index contributed by atoms with van der Waals surface area (Å²) in [7, 11) is 0. The summed E-state index contributed by atoms with van der Waals surface area (Å²) in [4.78, 5) is 0. The van der Waals surface area contributed by atoms with Crippen LogP contribution in [0.5, 0.6) is 0 Å². The summed E-state index contributed by atoms with van der Waals surface area (Å²) in [6.45, 7) is -2.60. The Morgan fingerprint density at radius 3 is 2.85 bits per heavy atom. The fraction of sp³-hybridized carbons (Fsp3) is 0.143. The summed E-state index contributed by atoms with van der Waals surface area (Å²) in [5.41, 5.74) is 1.17. The van der Waals surface area contributed by atoms with Crippen LogP contribution >= 0.6 is 0 Å². The molecule has 0 amide bonds. The van der Waals surface area contributed by atoms with Crippen molar-refractivity contribution in [2.45, 2.75) is 6.55 Å². The van der Waals surface area contributed by atoms with E-state index in [0.717, 1.165) is 0 Å². The highest BCUT2D eigenvalue weighted by Gasteiger charge is 2.08. The number of halogens is 2. The van der Waals surface area contributed by atoms with Gasteiger partial charge in [-0.05, 0) is 6.07 Å². The lowest BCUT2D eigenvalue weighted by Crippen LogP contribution is -1.97. The quantitative estimate of drug-likeness (QED) is 0.771. The van der Waals surface area contributed by atoms with Crippen LogP contribution < -0.4 is 0 Å². The SMILES string of the molecule is FC(F)n1ccc(-c2cn[nH]c2)n1. The predicted octanol–water partition coefficient (Wildman–Crippen LogP) is 1.67. The Labute approximate surface area is 72.2 Å². The molecule has 0 spiro atoms. The molecule has 0 aliphatic heterocycles. The standard InChI is InChI=1S/C7H6F2N4/c8-7(9)13-2-1-6(12-13)5-3-10-11-4-5/h1-4,7H,(H,10,11). The summed E-state index contributed by atoms with van der Waals surface area (Å²) in [5, 5.41) is 9.93. The molecule has 0 saturated carbocycles. The van der Waals surface area contributed by atoms with Gasteiger partial charge in [0.15, 0.2) is 0 Å². The highest BCUT2D eigenvalue weighted by molar-refractivity contribution is 5.55. The van der Waals surface area contributed by atoms with Crippen LogP contribution in [0.2, 0.25) is 0 Å². The second-order valence-electron chi connectivity index (χ2n) is 2.45. The van der Waals surface area contributed by atoms with Crippen LogP contribution in [0.4, 0.5) is 8.78 Å². The number of hydrogen-bond donors (Lipinski definition) is 1. The zero-order valence-electron chi connectivity index (χ0n) is 6.48. The molecule has 68 valence electrons. The fourth-order valence-electron chi connectivity index (χ4n) is 0.992. The van der Waals surface area contributed by atoms with Crippen molar-refractivity contribution in [2.24, 2.45) is 0 Å². The summed E-state index contributed by atoms with van der Waals surface area (Å²) in [5.74, 6) is 0. The van der Waals surface area contributed by atoms with E-state index in [-0.39, 0.29) is 0 Å². The van der Waals surface area contributed by atoms with Crippen molar-refractivity contribution in [3.8, 4) is 11.3 Å². The molecule has 4 nitrogen and oxygen atoms in total. The van der Waals surface area contributed by atoms with Gasteiger partial charge >= 0.3 is 6.55 Å². The number of aromatic nitrogens is 4. The van der Waals surface area contributed by atoms with Crippen molar-refractivity contribution in [3.63, 3.8) is 0 Å². The first-order valence-electron chi connectivity index (χ1n) is 3.60. The van der Waals surface area contributed by atoms with Gasteiger partial charge < -0.3 is 0 Å². The van der Waals surface area contributed by atoms with Gasteiger partial charge in [-0.1, -0.05) is 0 Å². The van der Waals surface area contributed by atoms with E-state index in [1.165, 1.54) is 18.5 Å². The minimum absolute atomic E-state index is 0.481. The lowest BCUT2D eigenvalue weighted by atomic mass is 10.3. The van der Waals surface area contributed by atoms with Gasteiger partial charge in [-0.2, -0.15) is 19.0 Å². The molecule has 2 aromatic heterocycles. The highest BCUT2D eigenvalue weighted by atomic mass is 19.3. The zero-order valence-corrected chi connectivity index (χ0v) is 6.48. The number of nitrogens with one attached hydrogen (secondary N) is 1. The van der Waals surface area contributed by atoms with Crippen molar-refractivity contribution < 1.29 is 8.78 Å². The molecule has 0 fully saturated rings. The third kappa shape index (κ3) is 1.42. The number of alkyl halides is 2. The average molecular weight is 184 g/mol. The van der Waals surface area contributed by atoms with Gasteiger partial charge in [0.1, 0.15) is 0 Å². The molecule has 0 aromatic carbocycles. The minimum atomic E-state index is -2.60. The monoisotopic (exact) mass is 184 g/mol. The molecule has 1 N–H and O–H groups in total. The van der Waals surface area contributed by atoms with E-state index >= 15 is 0 Å². The molecule has 0 radical (unpaired) electrons. The maximum atomic E-state index is 12.1. The van der Waals surface area contributed by atoms with Crippen molar-refractivity contribution in [1.82, 2.24) is 20.0 Å². The van der Waals surface area contributed by atoms with Crippen LogP contribution in [-0.4, -0.2) is 20.0 Å². The van der Waals surface area contributed by atoms with Crippen LogP contribution in [0, 0.1) is 0 Å². The smallest absolute Gasteiger partial charge is 0.285 e. The lowest BCUT2D eigenvalue weighted by molar-refractivity contribution is 0.0568. The van der Waals surface area contributed by atoms with Crippen LogP contribution in [0.25, 0.3) is 11.3 Å². The molecule has 2 aromatic rings. The van der Waals surface area contributed by atoms with Crippen LogP contribution in [0.3, 0.4) is 0 Å².